The number of hydrogen-bond acceptors (Lipinski definition) is 2. The highest BCUT2D eigenvalue weighted by Crippen LogP contribution is 2.26. The largest absolute Gasteiger partial charge is 0.379 e. The average Bonchev–Trinajstić information content (AvgIpc) is 2.27. The summed E-state index contributed by atoms with van der Waals surface area (Å²) in [6.45, 7) is 6.59. The van der Waals surface area contributed by atoms with Crippen LogP contribution in [0, 0.1) is 0 Å². The van der Waals surface area contributed by atoms with Crippen molar-refractivity contribution in [3.63, 3.8) is 0 Å². The molecule has 0 aliphatic carbocycles. The van der Waals surface area contributed by atoms with Crippen molar-refractivity contribution in [3.8, 4) is 0 Å². The van der Waals surface area contributed by atoms with Gasteiger partial charge in [-0.3, -0.25) is 4.90 Å². The van der Waals surface area contributed by atoms with E-state index in [0.29, 0.717) is 12.1 Å². The molecule has 1 aliphatic heterocycles. The van der Waals surface area contributed by atoms with Crippen molar-refractivity contribution < 1.29 is 4.74 Å². The van der Waals surface area contributed by atoms with Crippen molar-refractivity contribution >= 4 is 0 Å². The van der Waals surface area contributed by atoms with Gasteiger partial charge in [0.2, 0.25) is 0 Å². The molecule has 1 unspecified atom stereocenters. The molecule has 0 saturated carbocycles. The van der Waals surface area contributed by atoms with Crippen LogP contribution in [0.3, 0.4) is 0 Å². The molecule has 16 heavy (non-hydrogen) atoms. The summed E-state index contributed by atoms with van der Waals surface area (Å²) >= 11 is 0. The number of likely N-dealkylation sites (tertiary alicyclic amines) is 1. The van der Waals surface area contributed by atoms with Gasteiger partial charge < -0.3 is 4.74 Å². The van der Waals surface area contributed by atoms with Gasteiger partial charge in [0.25, 0.3) is 0 Å². The van der Waals surface area contributed by atoms with E-state index in [2.05, 4.69) is 43.0 Å². The Morgan fingerprint density at radius 2 is 1.94 bits per heavy atom. The maximum atomic E-state index is 5.30. The Balaban J connectivity index is 1.96. The molecule has 0 N–H and O–H groups in total. The van der Waals surface area contributed by atoms with Crippen LogP contribution in [0.15, 0.2) is 24.3 Å². The van der Waals surface area contributed by atoms with Crippen molar-refractivity contribution in [2.75, 3.05) is 20.2 Å². The standard InChI is InChI=1S/C14H21NO/c1-4-12-5-7-13(8-6-12)11(2)15-9-14(10-15)16-3/h5-8,11,14H,4,9-10H2,1-3H3. The lowest BCUT2D eigenvalue weighted by Crippen LogP contribution is -2.52. The molecule has 1 saturated heterocycles. The first-order valence-corrected chi connectivity index (χ1v) is 6.10. The molecule has 1 atom stereocenters. The Kier molecular flexibility index (Phi) is 3.62. The van der Waals surface area contributed by atoms with E-state index in [9.17, 15) is 0 Å². The first-order chi connectivity index (χ1) is 7.74. The lowest BCUT2D eigenvalue weighted by Gasteiger charge is -2.42. The summed E-state index contributed by atoms with van der Waals surface area (Å²) in [4.78, 5) is 2.45. The van der Waals surface area contributed by atoms with E-state index in [-0.39, 0.29) is 0 Å². The fourth-order valence-electron chi connectivity index (χ4n) is 2.18. The van der Waals surface area contributed by atoms with E-state index in [4.69, 9.17) is 4.74 Å². The highest BCUT2D eigenvalue weighted by molar-refractivity contribution is 5.25. The van der Waals surface area contributed by atoms with Gasteiger partial charge in [-0.1, -0.05) is 31.2 Å². The molecule has 1 aliphatic rings. The first-order valence-electron chi connectivity index (χ1n) is 6.10. The van der Waals surface area contributed by atoms with Crippen molar-refractivity contribution in [3.05, 3.63) is 35.4 Å². The molecule has 0 spiro atoms. The molecule has 0 radical (unpaired) electrons. The van der Waals surface area contributed by atoms with E-state index in [1.165, 1.54) is 11.1 Å². The monoisotopic (exact) mass is 219 g/mol. The second kappa shape index (κ2) is 4.98. The lowest BCUT2D eigenvalue weighted by atomic mass is 10.0. The molecular formula is C14H21NO. The number of methoxy groups -OCH3 is 1. The van der Waals surface area contributed by atoms with Gasteiger partial charge in [-0.05, 0) is 24.5 Å². The maximum Gasteiger partial charge on any atom is 0.0825 e. The van der Waals surface area contributed by atoms with Crippen LogP contribution >= 0.6 is 0 Å². The molecule has 0 bridgehead atoms. The molecule has 1 aromatic carbocycles. The number of nitrogens with zero attached hydrogens (tertiary/aromatic N) is 1. The van der Waals surface area contributed by atoms with Crippen molar-refractivity contribution in [2.24, 2.45) is 0 Å². The Morgan fingerprint density at radius 3 is 2.44 bits per heavy atom. The summed E-state index contributed by atoms with van der Waals surface area (Å²) < 4.78 is 5.30. The Hall–Kier alpha value is -0.860. The minimum Gasteiger partial charge on any atom is -0.379 e. The third-order valence-corrected chi connectivity index (χ3v) is 3.63. The quantitative estimate of drug-likeness (QED) is 0.772. The third kappa shape index (κ3) is 2.28. The molecule has 0 amide bonds. The first kappa shape index (κ1) is 11.6. The van der Waals surface area contributed by atoms with E-state index < -0.39 is 0 Å². The maximum absolute atomic E-state index is 5.30. The van der Waals surface area contributed by atoms with Crippen LogP contribution in [0.2, 0.25) is 0 Å². The second-order valence-electron chi connectivity index (χ2n) is 4.58. The fourth-order valence-corrected chi connectivity index (χ4v) is 2.18. The van der Waals surface area contributed by atoms with Gasteiger partial charge >= 0.3 is 0 Å². The van der Waals surface area contributed by atoms with Gasteiger partial charge in [0.15, 0.2) is 0 Å². The SMILES string of the molecule is CCc1ccc(C(C)N2CC(OC)C2)cc1. The third-order valence-electron chi connectivity index (χ3n) is 3.63. The zero-order valence-electron chi connectivity index (χ0n) is 10.4. The van der Waals surface area contributed by atoms with Crippen LogP contribution < -0.4 is 0 Å². The predicted molar refractivity (Wildman–Crippen MR) is 66.6 cm³/mol. The minimum atomic E-state index is 0.442. The second-order valence-corrected chi connectivity index (χ2v) is 4.58. The number of hydrogen-bond donors (Lipinski definition) is 0. The summed E-state index contributed by atoms with van der Waals surface area (Å²) in [5.74, 6) is 0. The zero-order chi connectivity index (χ0) is 11.5. The van der Waals surface area contributed by atoms with Crippen LogP contribution in [-0.2, 0) is 11.2 Å². The Bertz CT molecular complexity index is 327. The highest BCUT2D eigenvalue weighted by atomic mass is 16.5. The zero-order valence-corrected chi connectivity index (χ0v) is 10.4. The van der Waals surface area contributed by atoms with E-state index >= 15 is 0 Å². The normalized spacial score (nSPS) is 19.4. The van der Waals surface area contributed by atoms with Gasteiger partial charge in [0, 0.05) is 26.2 Å². The van der Waals surface area contributed by atoms with Crippen LogP contribution in [0.4, 0.5) is 0 Å². The average molecular weight is 219 g/mol. The lowest BCUT2D eigenvalue weighted by molar-refractivity contribution is -0.0479. The van der Waals surface area contributed by atoms with Crippen LogP contribution in [0.1, 0.15) is 31.0 Å². The molecule has 2 rings (SSSR count). The topological polar surface area (TPSA) is 12.5 Å². The summed E-state index contributed by atoms with van der Waals surface area (Å²) in [7, 11) is 1.79. The van der Waals surface area contributed by atoms with Crippen LogP contribution in [0.25, 0.3) is 0 Å². The van der Waals surface area contributed by atoms with Crippen molar-refractivity contribution in [2.45, 2.75) is 32.4 Å². The van der Waals surface area contributed by atoms with Crippen molar-refractivity contribution in [1.82, 2.24) is 4.90 Å². The van der Waals surface area contributed by atoms with Crippen LogP contribution in [-0.4, -0.2) is 31.2 Å². The molecule has 0 aromatic heterocycles. The number of benzene rings is 1. The Labute approximate surface area is 98.2 Å². The summed E-state index contributed by atoms with van der Waals surface area (Å²) in [5.41, 5.74) is 2.82. The Morgan fingerprint density at radius 1 is 1.31 bits per heavy atom. The molecule has 1 aromatic rings. The van der Waals surface area contributed by atoms with Gasteiger partial charge in [0.1, 0.15) is 0 Å². The van der Waals surface area contributed by atoms with Gasteiger partial charge in [-0.25, -0.2) is 0 Å². The molecular weight excluding hydrogens is 198 g/mol. The van der Waals surface area contributed by atoms with Gasteiger partial charge in [-0.15, -0.1) is 0 Å². The smallest absolute Gasteiger partial charge is 0.0825 e. The van der Waals surface area contributed by atoms with E-state index in [1.807, 2.05) is 0 Å². The van der Waals surface area contributed by atoms with Gasteiger partial charge in [-0.2, -0.15) is 0 Å². The minimum absolute atomic E-state index is 0.442. The van der Waals surface area contributed by atoms with E-state index in [1.54, 1.807) is 7.11 Å². The van der Waals surface area contributed by atoms with E-state index in [0.717, 1.165) is 19.5 Å². The summed E-state index contributed by atoms with van der Waals surface area (Å²) in [6, 6.07) is 9.49. The molecule has 88 valence electrons. The highest BCUT2D eigenvalue weighted by Gasteiger charge is 2.30. The van der Waals surface area contributed by atoms with Gasteiger partial charge in [0.05, 0.1) is 6.10 Å². The van der Waals surface area contributed by atoms with Crippen molar-refractivity contribution in [1.29, 1.82) is 0 Å². The molecule has 2 nitrogen and oxygen atoms in total. The number of aryl methyl sites for hydroxylation is 1. The van der Waals surface area contributed by atoms with Crippen LogP contribution in [0.5, 0.6) is 0 Å². The number of rotatable bonds is 4. The fraction of sp³-hybridized carbons (Fsp3) is 0.571. The predicted octanol–water partition coefficient (Wildman–Crippen LogP) is 2.64. The number of ether oxygens (including phenoxy) is 1. The summed E-state index contributed by atoms with van der Waals surface area (Å²) in [5, 5.41) is 0. The molecule has 1 heterocycles. The molecule has 1 fully saturated rings. The summed E-state index contributed by atoms with van der Waals surface area (Å²) in [6.07, 6.45) is 1.56. The molecule has 2 heteroatoms.